The molecule has 0 bridgehead atoms. The lowest BCUT2D eigenvalue weighted by molar-refractivity contribution is -0.227. The first-order chi connectivity index (χ1) is 14.1. The second kappa shape index (κ2) is 8.03. The van der Waals surface area contributed by atoms with E-state index in [1.807, 2.05) is 52.0 Å². The van der Waals surface area contributed by atoms with Crippen molar-refractivity contribution in [3.05, 3.63) is 34.3 Å². The van der Waals surface area contributed by atoms with E-state index in [0.717, 1.165) is 10.0 Å². The summed E-state index contributed by atoms with van der Waals surface area (Å²) in [6.07, 6.45) is -2.46. The van der Waals surface area contributed by atoms with Crippen molar-refractivity contribution in [1.82, 2.24) is 4.90 Å². The maximum atomic E-state index is 12.9. The maximum absolute atomic E-state index is 12.9. The summed E-state index contributed by atoms with van der Waals surface area (Å²) in [5, 5.41) is 0. The van der Waals surface area contributed by atoms with Crippen molar-refractivity contribution in [3.63, 3.8) is 0 Å². The first-order valence-electron chi connectivity index (χ1n) is 10.0. The van der Waals surface area contributed by atoms with Gasteiger partial charge in [-0.05, 0) is 39.3 Å². The van der Waals surface area contributed by atoms with E-state index in [2.05, 4.69) is 15.9 Å². The summed E-state index contributed by atoms with van der Waals surface area (Å²) in [5.74, 6) is -1.55. The zero-order valence-corrected chi connectivity index (χ0v) is 19.4. The van der Waals surface area contributed by atoms with Crippen LogP contribution in [-0.2, 0) is 35.0 Å². The van der Waals surface area contributed by atoms with Crippen LogP contribution in [0.5, 0.6) is 0 Å². The molecule has 9 heteroatoms. The summed E-state index contributed by atoms with van der Waals surface area (Å²) in [6, 6.07) is 7.26. The molecule has 0 spiro atoms. The van der Waals surface area contributed by atoms with Crippen LogP contribution in [0.15, 0.2) is 28.7 Å². The Hall–Kier alpha value is -1.23. The summed E-state index contributed by atoms with van der Waals surface area (Å²) in [6.45, 7) is 8.02. The number of benzene rings is 1. The van der Waals surface area contributed by atoms with Gasteiger partial charge < -0.3 is 28.4 Å². The zero-order chi connectivity index (χ0) is 21.7. The van der Waals surface area contributed by atoms with Gasteiger partial charge in [-0.25, -0.2) is 4.79 Å². The Morgan fingerprint density at radius 3 is 2.50 bits per heavy atom. The maximum Gasteiger partial charge on any atom is 0.410 e. The van der Waals surface area contributed by atoms with Gasteiger partial charge in [-0.1, -0.05) is 34.1 Å². The Kier molecular flexibility index (Phi) is 5.89. The Bertz CT molecular complexity index is 801. The zero-order valence-electron chi connectivity index (χ0n) is 17.8. The van der Waals surface area contributed by atoms with Gasteiger partial charge >= 0.3 is 6.09 Å². The lowest BCUT2D eigenvalue weighted by Crippen LogP contribution is -2.54. The summed E-state index contributed by atoms with van der Waals surface area (Å²) in [4.78, 5) is 14.6. The quantitative estimate of drug-likeness (QED) is 0.646. The fourth-order valence-electron chi connectivity index (χ4n) is 4.27. The molecule has 3 fully saturated rings. The van der Waals surface area contributed by atoms with Crippen LogP contribution in [0, 0.1) is 0 Å². The second-order valence-electron chi connectivity index (χ2n) is 8.62. The van der Waals surface area contributed by atoms with Crippen molar-refractivity contribution in [3.8, 4) is 0 Å². The molecule has 0 saturated carbocycles. The summed E-state index contributed by atoms with van der Waals surface area (Å²) in [7, 11) is 1.37. The molecule has 0 radical (unpaired) electrons. The van der Waals surface area contributed by atoms with Gasteiger partial charge in [-0.15, -0.1) is 0 Å². The second-order valence-corrected chi connectivity index (χ2v) is 9.47. The largest absolute Gasteiger partial charge is 0.453 e. The highest BCUT2D eigenvalue weighted by Gasteiger charge is 2.60. The van der Waals surface area contributed by atoms with Crippen LogP contribution in [0.1, 0.15) is 33.3 Å². The van der Waals surface area contributed by atoms with Crippen LogP contribution in [0.3, 0.4) is 0 Å². The van der Waals surface area contributed by atoms with Gasteiger partial charge in [0.25, 0.3) is 0 Å². The molecule has 3 saturated heterocycles. The number of hydrogen-bond acceptors (Lipinski definition) is 7. The molecule has 30 heavy (non-hydrogen) atoms. The fraction of sp³-hybridized carbons (Fsp3) is 0.667. The van der Waals surface area contributed by atoms with Crippen molar-refractivity contribution in [2.45, 2.75) is 76.5 Å². The minimum Gasteiger partial charge on any atom is -0.453 e. The Balaban J connectivity index is 1.68. The Labute approximate surface area is 184 Å². The SMILES string of the molecule is COC(=O)N(Cc1ccccc1Br)[C@H]1[C@H]2OC(C)(C)O[C@H]2O[C@@H]1[C@H]1COC(C)(C)O1. The van der Waals surface area contributed by atoms with Gasteiger partial charge in [-0.2, -0.15) is 0 Å². The van der Waals surface area contributed by atoms with E-state index < -0.39 is 42.2 Å². The molecule has 3 heterocycles. The lowest BCUT2D eigenvalue weighted by Gasteiger charge is -2.36. The molecule has 0 aliphatic carbocycles. The average molecular weight is 486 g/mol. The molecule has 166 valence electrons. The number of rotatable bonds is 4. The third-order valence-corrected chi connectivity index (χ3v) is 6.29. The van der Waals surface area contributed by atoms with Crippen LogP contribution in [0.4, 0.5) is 4.79 Å². The minimum absolute atomic E-state index is 0.308. The smallest absolute Gasteiger partial charge is 0.410 e. The van der Waals surface area contributed by atoms with Crippen molar-refractivity contribution >= 4 is 22.0 Å². The highest BCUT2D eigenvalue weighted by atomic mass is 79.9. The number of carbonyl (C=O) groups excluding carboxylic acids is 1. The average Bonchev–Trinajstić information content (AvgIpc) is 3.29. The van der Waals surface area contributed by atoms with Crippen molar-refractivity contribution in [2.24, 2.45) is 0 Å². The molecular weight excluding hydrogens is 458 g/mol. The highest BCUT2D eigenvalue weighted by Crippen LogP contribution is 2.43. The predicted molar refractivity (Wildman–Crippen MR) is 109 cm³/mol. The molecule has 3 aliphatic rings. The van der Waals surface area contributed by atoms with E-state index in [9.17, 15) is 4.79 Å². The van der Waals surface area contributed by atoms with Crippen LogP contribution in [-0.4, -0.2) is 66.9 Å². The summed E-state index contributed by atoms with van der Waals surface area (Å²) >= 11 is 3.56. The third-order valence-electron chi connectivity index (χ3n) is 5.52. The normalized spacial score (nSPS) is 34.0. The molecule has 0 unspecified atom stereocenters. The van der Waals surface area contributed by atoms with Gasteiger partial charge in [-0.3, -0.25) is 4.90 Å². The predicted octanol–water partition coefficient (Wildman–Crippen LogP) is 3.41. The first-order valence-corrected chi connectivity index (χ1v) is 10.8. The molecule has 0 aromatic heterocycles. The van der Waals surface area contributed by atoms with E-state index >= 15 is 0 Å². The Morgan fingerprint density at radius 2 is 1.87 bits per heavy atom. The van der Waals surface area contributed by atoms with E-state index in [1.165, 1.54) is 7.11 Å². The number of amides is 1. The molecule has 8 nitrogen and oxygen atoms in total. The van der Waals surface area contributed by atoms with Crippen molar-refractivity contribution < 1.29 is 33.2 Å². The van der Waals surface area contributed by atoms with Gasteiger partial charge in [0.2, 0.25) is 0 Å². The fourth-order valence-corrected chi connectivity index (χ4v) is 4.68. The van der Waals surface area contributed by atoms with E-state index in [1.54, 1.807) is 4.90 Å². The highest BCUT2D eigenvalue weighted by molar-refractivity contribution is 9.10. The van der Waals surface area contributed by atoms with Crippen molar-refractivity contribution in [1.29, 1.82) is 0 Å². The van der Waals surface area contributed by atoms with Crippen LogP contribution < -0.4 is 0 Å². The number of carbonyl (C=O) groups is 1. The standard InChI is InChI=1S/C21H28BrNO7/c1-20(2)26-11-14(28-20)16-15(17-18(27-16)30-21(3,4)29-17)23(19(24)25-5)10-12-8-6-7-9-13(12)22/h6-9,14-18H,10-11H2,1-5H3/t14-,15-,16-,17-,18-/m1/s1. The molecule has 3 aliphatic heterocycles. The van der Waals surface area contributed by atoms with E-state index in [4.69, 9.17) is 28.4 Å². The number of ether oxygens (including phenoxy) is 6. The van der Waals surface area contributed by atoms with Crippen LogP contribution in [0.25, 0.3) is 0 Å². The summed E-state index contributed by atoms with van der Waals surface area (Å²) < 4.78 is 36.2. The monoisotopic (exact) mass is 485 g/mol. The van der Waals surface area contributed by atoms with E-state index in [0.29, 0.717) is 13.2 Å². The van der Waals surface area contributed by atoms with E-state index in [-0.39, 0.29) is 6.10 Å². The van der Waals surface area contributed by atoms with Crippen LogP contribution in [0.2, 0.25) is 0 Å². The molecule has 0 N–H and O–H groups in total. The molecule has 1 aromatic carbocycles. The molecule has 5 atom stereocenters. The van der Waals surface area contributed by atoms with Gasteiger partial charge in [0.15, 0.2) is 17.9 Å². The van der Waals surface area contributed by atoms with Gasteiger partial charge in [0, 0.05) is 4.47 Å². The molecule has 4 rings (SSSR count). The van der Waals surface area contributed by atoms with Crippen molar-refractivity contribution in [2.75, 3.05) is 13.7 Å². The number of halogens is 1. The first kappa shape index (κ1) is 22.0. The number of nitrogens with zero attached hydrogens (tertiary/aromatic N) is 1. The van der Waals surface area contributed by atoms with Gasteiger partial charge in [0.1, 0.15) is 18.3 Å². The van der Waals surface area contributed by atoms with Crippen LogP contribution >= 0.6 is 15.9 Å². The lowest BCUT2D eigenvalue weighted by atomic mass is 10.0. The number of fused-ring (bicyclic) bond motifs is 1. The number of hydrogen-bond donors (Lipinski definition) is 0. The topological polar surface area (TPSA) is 75.7 Å². The summed E-state index contributed by atoms with van der Waals surface area (Å²) in [5.41, 5.74) is 0.937. The molecular formula is C21H28BrNO7. The third kappa shape index (κ3) is 4.24. The van der Waals surface area contributed by atoms with Gasteiger partial charge in [0.05, 0.1) is 26.3 Å². The molecule has 1 amide bonds. The molecule has 1 aromatic rings. The number of methoxy groups -OCH3 is 1. The minimum atomic E-state index is -0.819. The Morgan fingerprint density at radius 1 is 1.13 bits per heavy atom.